The molecule has 0 spiro atoms. The number of carbonyl (C=O) groups excluding carboxylic acids is 1. The molecule has 8 nitrogen and oxygen atoms in total. The summed E-state index contributed by atoms with van der Waals surface area (Å²) < 4.78 is 31.7. The number of nitrogens with one attached hydrogen (secondary N) is 2. The van der Waals surface area contributed by atoms with Crippen molar-refractivity contribution in [3.63, 3.8) is 0 Å². The molecule has 39 heavy (non-hydrogen) atoms. The van der Waals surface area contributed by atoms with Gasteiger partial charge >= 0.3 is 12.1 Å². The van der Waals surface area contributed by atoms with Gasteiger partial charge in [-0.05, 0) is 61.9 Å². The number of halogens is 5. The number of hydrogen-bond donors (Lipinski definition) is 3. The molecule has 0 radical (unpaired) electrons. The van der Waals surface area contributed by atoms with Crippen molar-refractivity contribution in [3.05, 3.63) is 58.1 Å². The highest BCUT2D eigenvalue weighted by atomic mass is 35.5. The van der Waals surface area contributed by atoms with Gasteiger partial charge in [-0.2, -0.15) is 18.2 Å². The maximum atomic E-state index is 12.5. The number of para-hydroxylation sites is 1. The van der Waals surface area contributed by atoms with Crippen molar-refractivity contribution in [1.82, 2.24) is 15.3 Å². The molecule has 3 N–H and O–H groups in total. The van der Waals surface area contributed by atoms with Gasteiger partial charge in [0.1, 0.15) is 5.82 Å². The Morgan fingerprint density at radius 3 is 2.18 bits per heavy atom. The Balaban J connectivity index is 0.000000532. The summed E-state index contributed by atoms with van der Waals surface area (Å²) in [6, 6.07) is 13.1. The lowest BCUT2D eigenvalue weighted by Gasteiger charge is -2.29. The van der Waals surface area contributed by atoms with Crippen LogP contribution >= 0.6 is 23.2 Å². The van der Waals surface area contributed by atoms with Gasteiger partial charge in [0, 0.05) is 47.7 Å². The van der Waals surface area contributed by atoms with Crippen LogP contribution in [0.1, 0.15) is 36.0 Å². The Kier molecular flexibility index (Phi) is 10.2. The highest BCUT2D eigenvalue weighted by molar-refractivity contribution is 6.35. The third-order valence-electron chi connectivity index (χ3n) is 6.10. The summed E-state index contributed by atoms with van der Waals surface area (Å²) >= 11 is 12.0. The second kappa shape index (κ2) is 13.2. The zero-order chi connectivity index (χ0) is 28.7. The number of aromatic nitrogens is 2. The van der Waals surface area contributed by atoms with Crippen LogP contribution in [0.3, 0.4) is 0 Å². The van der Waals surface area contributed by atoms with Crippen LogP contribution in [0, 0.1) is 5.92 Å². The van der Waals surface area contributed by atoms with Crippen LogP contribution in [0.5, 0.6) is 0 Å². The molecule has 1 fully saturated rings. The van der Waals surface area contributed by atoms with E-state index in [0.29, 0.717) is 27.5 Å². The van der Waals surface area contributed by atoms with Crippen LogP contribution in [-0.4, -0.2) is 59.8 Å². The van der Waals surface area contributed by atoms with Crippen LogP contribution in [-0.2, 0) is 4.79 Å². The van der Waals surface area contributed by atoms with Crippen LogP contribution in [0.25, 0.3) is 10.9 Å². The molecule has 0 unspecified atom stereocenters. The van der Waals surface area contributed by atoms with Crippen LogP contribution in [0.4, 0.5) is 24.9 Å². The van der Waals surface area contributed by atoms with E-state index in [4.69, 9.17) is 38.1 Å². The minimum absolute atomic E-state index is 0.128. The topological polar surface area (TPSA) is 107 Å². The predicted molar refractivity (Wildman–Crippen MR) is 146 cm³/mol. The number of anilines is 2. The normalized spacial score (nSPS) is 17.1. The first-order valence-electron chi connectivity index (χ1n) is 12.1. The number of rotatable bonds is 6. The van der Waals surface area contributed by atoms with E-state index in [1.165, 1.54) is 0 Å². The Morgan fingerprint density at radius 1 is 1.03 bits per heavy atom. The van der Waals surface area contributed by atoms with E-state index >= 15 is 0 Å². The molecular weight excluding hydrogens is 558 g/mol. The second-order valence-electron chi connectivity index (χ2n) is 9.32. The third-order valence-corrected chi connectivity index (χ3v) is 6.54. The summed E-state index contributed by atoms with van der Waals surface area (Å²) in [4.78, 5) is 32.8. The van der Waals surface area contributed by atoms with E-state index in [1.54, 1.807) is 18.2 Å². The van der Waals surface area contributed by atoms with Gasteiger partial charge < -0.3 is 20.6 Å². The molecule has 0 saturated heterocycles. The molecule has 3 aromatic rings. The Labute approximate surface area is 233 Å². The number of carboxylic acid groups (broad SMARTS) is 1. The molecule has 1 aliphatic rings. The molecule has 1 amide bonds. The SMILES string of the molecule is CN(C)c1nc(NC[C@H]2CC[C@@H](NC(=O)c3cc(Cl)cc(Cl)c3)CC2)nc2ccccc12.O=C(O)C(F)(F)F. The first-order valence-corrected chi connectivity index (χ1v) is 12.8. The number of hydrogen-bond acceptors (Lipinski definition) is 6. The standard InChI is InChI=1S/C24H27Cl2N5O.C2HF3O2/c1-31(2)22-20-5-3-4-6-21(20)29-24(30-22)27-14-15-7-9-19(10-8-15)28-23(32)16-11-17(25)13-18(26)12-16;3-2(4,5)1(6)7/h3-6,11-13,15,19H,7-10,14H2,1-2H3,(H,28,32)(H,27,29,30);(H,6,7)/t15-,19+;. The van der Waals surface area contributed by atoms with E-state index in [2.05, 4.69) is 15.6 Å². The number of aliphatic carboxylic acids is 1. The molecule has 0 atom stereocenters. The van der Waals surface area contributed by atoms with Gasteiger partial charge in [0.15, 0.2) is 0 Å². The fourth-order valence-corrected chi connectivity index (χ4v) is 4.71. The highest BCUT2D eigenvalue weighted by Crippen LogP contribution is 2.27. The van der Waals surface area contributed by atoms with Gasteiger partial charge in [-0.15, -0.1) is 0 Å². The van der Waals surface area contributed by atoms with E-state index in [9.17, 15) is 18.0 Å². The summed E-state index contributed by atoms with van der Waals surface area (Å²) in [5, 5.41) is 15.6. The molecule has 2 aromatic carbocycles. The first-order chi connectivity index (χ1) is 18.3. The largest absolute Gasteiger partial charge is 0.490 e. The number of alkyl halides is 3. The number of fused-ring (bicyclic) bond motifs is 1. The number of carboxylic acids is 1. The zero-order valence-corrected chi connectivity index (χ0v) is 22.7. The van der Waals surface area contributed by atoms with Crippen molar-refractivity contribution in [1.29, 1.82) is 0 Å². The minimum Gasteiger partial charge on any atom is -0.475 e. The van der Waals surface area contributed by atoms with Gasteiger partial charge in [-0.3, -0.25) is 4.79 Å². The maximum Gasteiger partial charge on any atom is 0.490 e. The number of amides is 1. The number of benzene rings is 2. The monoisotopic (exact) mass is 585 g/mol. The second-order valence-corrected chi connectivity index (χ2v) is 10.2. The smallest absolute Gasteiger partial charge is 0.475 e. The maximum absolute atomic E-state index is 12.5. The summed E-state index contributed by atoms with van der Waals surface area (Å²) in [6.07, 6.45) is -1.15. The quantitative estimate of drug-likeness (QED) is 0.324. The van der Waals surface area contributed by atoms with Crippen LogP contribution < -0.4 is 15.5 Å². The molecule has 1 heterocycles. The van der Waals surface area contributed by atoms with Gasteiger partial charge in [0.25, 0.3) is 5.91 Å². The van der Waals surface area contributed by atoms with E-state index in [0.717, 1.165) is 48.9 Å². The minimum atomic E-state index is -5.08. The van der Waals surface area contributed by atoms with Gasteiger partial charge in [0.05, 0.1) is 5.52 Å². The lowest BCUT2D eigenvalue weighted by atomic mass is 9.86. The van der Waals surface area contributed by atoms with Crippen molar-refractivity contribution >= 4 is 57.7 Å². The summed E-state index contributed by atoms with van der Waals surface area (Å²) in [6.45, 7) is 0.815. The van der Waals surface area contributed by atoms with E-state index in [1.807, 2.05) is 43.3 Å². The molecule has 1 aromatic heterocycles. The average molecular weight is 586 g/mol. The van der Waals surface area contributed by atoms with E-state index in [-0.39, 0.29) is 11.9 Å². The Hall–Kier alpha value is -3.31. The van der Waals surface area contributed by atoms with E-state index < -0.39 is 12.1 Å². The van der Waals surface area contributed by atoms with Crippen molar-refractivity contribution in [3.8, 4) is 0 Å². The predicted octanol–water partition coefficient (Wildman–Crippen LogP) is 6.04. The fraction of sp³-hybridized carbons (Fsp3) is 0.385. The molecular formula is C26H28Cl2F3N5O3. The highest BCUT2D eigenvalue weighted by Gasteiger charge is 2.38. The molecule has 13 heteroatoms. The molecule has 1 aliphatic carbocycles. The van der Waals surface area contributed by atoms with Crippen molar-refractivity contribution in [2.45, 2.75) is 37.9 Å². The average Bonchev–Trinajstić information content (AvgIpc) is 2.87. The number of nitrogens with zero attached hydrogens (tertiary/aromatic N) is 3. The first kappa shape index (κ1) is 30.2. The fourth-order valence-electron chi connectivity index (χ4n) is 4.18. The summed E-state index contributed by atoms with van der Waals surface area (Å²) in [5.41, 5.74) is 1.43. The lowest BCUT2D eigenvalue weighted by molar-refractivity contribution is -0.192. The zero-order valence-electron chi connectivity index (χ0n) is 21.2. The van der Waals surface area contributed by atoms with Gasteiger partial charge in [0.2, 0.25) is 5.95 Å². The molecule has 0 aliphatic heterocycles. The Bertz CT molecular complexity index is 1300. The summed E-state index contributed by atoms with van der Waals surface area (Å²) in [5.74, 6) is -0.808. The van der Waals surface area contributed by atoms with Crippen molar-refractivity contribution in [2.24, 2.45) is 5.92 Å². The van der Waals surface area contributed by atoms with Crippen LogP contribution in [0.2, 0.25) is 10.0 Å². The van der Waals surface area contributed by atoms with Crippen molar-refractivity contribution < 1.29 is 27.9 Å². The van der Waals surface area contributed by atoms with Gasteiger partial charge in [-0.1, -0.05) is 35.3 Å². The summed E-state index contributed by atoms with van der Waals surface area (Å²) in [7, 11) is 3.98. The lowest BCUT2D eigenvalue weighted by Crippen LogP contribution is -2.38. The molecule has 4 rings (SSSR count). The Morgan fingerprint density at radius 2 is 1.62 bits per heavy atom. The van der Waals surface area contributed by atoms with Crippen molar-refractivity contribution in [2.75, 3.05) is 30.9 Å². The molecule has 1 saturated carbocycles. The number of carbonyl (C=O) groups is 2. The van der Waals surface area contributed by atoms with Gasteiger partial charge in [-0.25, -0.2) is 9.78 Å². The molecule has 0 bridgehead atoms. The van der Waals surface area contributed by atoms with Crippen LogP contribution in [0.15, 0.2) is 42.5 Å². The third kappa shape index (κ3) is 8.86. The molecule has 210 valence electrons.